The Labute approximate surface area is 452 Å². The molecule has 76 heavy (non-hydrogen) atoms. The van der Waals surface area contributed by atoms with Gasteiger partial charge < -0.3 is 9.97 Å². The molecule has 7 aromatic rings. The van der Waals surface area contributed by atoms with Crippen molar-refractivity contribution in [1.29, 1.82) is 0 Å². The monoisotopic (exact) mass is 1020 g/mol. The number of allylic oxidation sites excluding steroid dienone is 2. The number of rotatable bonds is 12. The zero-order valence-corrected chi connectivity index (χ0v) is 46.1. The van der Waals surface area contributed by atoms with Crippen molar-refractivity contribution in [2.24, 2.45) is 0 Å². The van der Waals surface area contributed by atoms with Crippen molar-refractivity contribution in [2.75, 3.05) is 13.1 Å². The Morgan fingerprint density at radius 3 is 1.17 bits per heavy atom. The first-order valence-electron chi connectivity index (χ1n) is 26.8. The first kappa shape index (κ1) is 51.5. The van der Waals surface area contributed by atoms with Crippen LogP contribution in [0.25, 0.3) is 97.0 Å². The van der Waals surface area contributed by atoms with Gasteiger partial charge in [-0.2, -0.15) is 0 Å². The minimum atomic E-state index is -0.407. The van der Waals surface area contributed by atoms with Crippen molar-refractivity contribution in [2.45, 2.75) is 92.9 Å². The summed E-state index contributed by atoms with van der Waals surface area (Å²) in [4.78, 5) is 49.9. The topological polar surface area (TPSA) is 98.0 Å². The van der Waals surface area contributed by atoms with E-state index in [2.05, 4.69) is 205 Å². The third-order valence-corrected chi connectivity index (χ3v) is 15.4. The molecule has 382 valence electrons. The molecule has 0 spiro atoms. The zero-order chi connectivity index (χ0) is 53.5. The van der Waals surface area contributed by atoms with Crippen LogP contribution in [0.5, 0.6) is 0 Å². The minimum absolute atomic E-state index is 0.0564. The van der Waals surface area contributed by atoms with Crippen LogP contribution in [0.2, 0.25) is 0 Å². The van der Waals surface area contributed by atoms with Gasteiger partial charge in [0.05, 0.1) is 28.3 Å². The van der Waals surface area contributed by atoms with E-state index in [1.807, 2.05) is 19.9 Å². The summed E-state index contributed by atoms with van der Waals surface area (Å²) in [5, 5.41) is 0.227. The van der Waals surface area contributed by atoms with Crippen LogP contribution < -0.4 is 0 Å². The van der Waals surface area contributed by atoms with Crippen molar-refractivity contribution in [3.63, 3.8) is 0 Å². The van der Waals surface area contributed by atoms with E-state index in [1.165, 1.54) is 32.1 Å². The van der Waals surface area contributed by atoms with Crippen LogP contribution in [0.15, 0.2) is 133 Å². The predicted octanol–water partition coefficient (Wildman–Crippen LogP) is 16.8. The van der Waals surface area contributed by atoms with Gasteiger partial charge in [-0.05, 0) is 143 Å². The van der Waals surface area contributed by atoms with E-state index >= 15 is 0 Å². The summed E-state index contributed by atoms with van der Waals surface area (Å²) in [7, 11) is 0. The van der Waals surface area contributed by atoms with Gasteiger partial charge in [-0.3, -0.25) is 19.4 Å². The molecule has 2 amide bonds. The van der Waals surface area contributed by atoms with E-state index in [9.17, 15) is 9.59 Å². The van der Waals surface area contributed by atoms with E-state index in [4.69, 9.17) is 22.2 Å². The van der Waals surface area contributed by atoms with Crippen LogP contribution in [-0.4, -0.2) is 59.8 Å². The van der Waals surface area contributed by atoms with Crippen molar-refractivity contribution in [1.82, 2.24) is 29.7 Å². The molecule has 1 saturated heterocycles. The van der Waals surface area contributed by atoms with Gasteiger partial charge in [0.25, 0.3) is 11.8 Å². The number of thiocarbonyl (C=S) groups is 1. The Hall–Kier alpha value is -8.01. The van der Waals surface area contributed by atoms with Crippen LogP contribution in [-0.2, 0) is 9.59 Å². The summed E-state index contributed by atoms with van der Waals surface area (Å²) in [6, 6.07) is 41.8. The van der Waals surface area contributed by atoms with Gasteiger partial charge in [-0.1, -0.05) is 165 Å². The molecule has 4 aromatic carbocycles. The number of hydrogen-bond acceptors (Lipinski definition) is 5. The lowest BCUT2D eigenvalue weighted by Crippen LogP contribution is -2.55. The predicted molar refractivity (Wildman–Crippen MR) is 321 cm³/mol. The maximum atomic E-state index is 13.9. The lowest BCUT2D eigenvalue weighted by molar-refractivity contribution is -0.133. The summed E-state index contributed by atoms with van der Waals surface area (Å²) in [6.07, 6.45) is 13.9. The highest BCUT2D eigenvalue weighted by atomic mass is 32.1. The summed E-state index contributed by atoms with van der Waals surface area (Å²) < 4.78 is 0. The highest BCUT2D eigenvalue weighted by molar-refractivity contribution is 7.80. The number of likely N-dealkylation sites (N-methyl/N-ethyl adjacent to an activating group) is 2. The number of hydrogen-bond donors (Lipinski definition) is 2. The van der Waals surface area contributed by atoms with Crippen molar-refractivity contribution in [3.05, 3.63) is 184 Å². The Morgan fingerprint density at radius 2 is 0.816 bits per heavy atom. The molecule has 3 aromatic heterocycles. The molecular weight excluding hydrogens is 953 g/mol. The SMILES string of the molecule is CCN1C(=O)C(=C/C=C\c2cc3[nH]c2c(-c2ccc(C(C)C)cc2)c2nc(c(-c4ccc(C(C)C)cc4)c4ccc([nH]4)c(-c4ccc(C(C)C)cc4)c4nc(c3-c3ccc(C(C)C)cc3)C=C4)C=C2)C(=O)N(CC)C1=S. The summed E-state index contributed by atoms with van der Waals surface area (Å²) in [5.74, 6) is 0.618. The Kier molecular flexibility index (Phi) is 14.4. The molecule has 9 heteroatoms. The molecule has 0 atom stereocenters. The fourth-order valence-electron chi connectivity index (χ4n) is 10.4. The van der Waals surface area contributed by atoms with Gasteiger partial charge >= 0.3 is 0 Å². The highest BCUT2D eigenvalue weighted by Gasteiger charge is 2.37. The van der Waals surface area contributed by atoms with E-state index in [0.717, 1.165) is 94.9 Å². The molecule has 8 nitrogen and oxygen atoms in total. The van der Waals surface area contributed by atoms with Crippen molar-refractivity contribution < 1.29 is 9.59 Å². The molecule has 3 aliphatic rings. The molecule has 0 radical (unpaired) electrons. The lowest BCUT2D eigenvalue weighted by atomic mass is 9.97. The number of H-pyrrole nitrogens is 2. The molecule has 1 fully saturated rings. The summed E-state index contributed by atoms with van der Waals surface area (Å²) in [6.45, 7) is 22.1. The fourth-order valence-corrected chi connectivity index (χ4v) is 10.9. The molecule has 8 bridgehead atoms. The summed E-state index contributed by atoms with van der Waals surface area (Å²) >= 11 is 5.60. The van der Waals surface area contributed by atoms with Gasteiger partial charge in [0.15, 0.2) is 5.11 Å². The van der Waals surface area contributed by atoms with Crippen LogP contribution >= 0.6 is 12.2 Å². The molecule has 0 unspecified atom stereocenters. The largest absolute Gasteiger partial charge is 0.354 e. The average Bonchev–Trinajstić information content (AvgIpc) is 4.28. The van der Waals surface area contributed by atoms with Gasteiger partial charge in [0.2, 0.25) is 0 Å². The van der Waals surface area contributed by atoms with E-state index in [-0.39, 0.29) is 10.7 Å². The first-order valence-corrected chi connectivity index (χ1v) is 27.2. The minimum Gasteiger partial charge on any atom is -0.354 e. The number of nitrogens with zero attached hydrogens (tertiary/aromatic N) is 4. The Balaban J connectivity index is 1.36. The number of nitrogens with one attached hydrogen (secondary N) is 2. The summed E-state index contributed by atoms with van der Waals surface area (Å²) in [5.41, 5.74) is 20.5. The standard InChI is InChI=1S/C67H66N6O2S/c1-11-72-65(74)52(66(75)73(12-2)67(72)76)15-13-14-51-38-59-62(49-28-20-45(21-29-49)41(7)8)57-35-34-55(69-57)60(47-24-16-43(17-25-47)39(3)4)53-32-33-54(68-53)61(48-26-18-44(19-27-48)40(5)6)56-36-37-58(70-56)63(64(51)71-59)50-30-22-46(23-31-50)42(9)10/h13-42,68,71H,11-12H2,1-10H3/b14-13-,60-53?,60-55?,61-54?,61-56?,62-57?,62-59?,63-58?,64-63?. The first-order chi connectivity index (χ1) is 36.6. The maximum Gasteiger partial charge on any atom is 0.265 e. The number of carbonyl (C=O) groups excluding carboxylic acids is 2. The lowest BCUT2D eigenvalue weighted by Gasteiger charge is -2.35. The normalized spacial score (nSPS) is 13.8. The Bertz CT molecular complexity index is 3690. The number of fused-ring (bicyclic) bond motifs is 8. The van der Waals surface area contributed by atoms with Crippen molar-refractivity contribution in [3.8, 4) is 44.5 Å². The number of carbonyl (C=O) groups is 2. The third kappa shape index (κ3) is 9.76. The van der Waals surface area contributed by atoms with Crippen LogP contribution in [0.1, 0.15) is 144 Å². The molecular formula is C67H66N6O2S. The third-order valence-electron chi connectivity index (χ3n) is 14.9. The maximum absolute atomic E-state index is 13.9. The van der Waals surface area contributed by atoms with Gasteiger partial charge in [-0.15, -0.1) is 0 Å². The van der Waals surface area contributed by atoms with Crippen LogP contribution in [0.3, 0.4) is 0 Å². The number of benzene rings is 4. The van der Waals surface area contributed by atoms with Gasteiger partial charge in [0, 0.05) is 57.5 Å². The second kappa shape index (κ2) is 21.3. The second-order valence-electron chi connectivity index (χ2n) is 21.2. The van der Waals surface area contributed by atoms with Crippen LogP contribution in [0.4, 0.5) is 0 Å². The van der Waals surface area contributed by atoms with E-state index in [1.54, 1.807) is 12.2 Å². The molecule has 10 rings (SSSR count). The number of aromatic amines is 2. The number of amides is 2. The Morgan fingerprint density at radius 1 is 0.474 bits per heavy atom. The molecule has 0 saturated carbocycles. The van der Waals surface area contributed by atoms with Gasteiger partial charge in [-0.25, -0.2) is 9.97 Å². The van der Waals surface area contributed by atoms with Crippen molar-refractivity contribution >= 4 is 81.6 Å². The van der Waals surface area contributed by atoms with Crippen LogP contribution in [0, 0.1) is 0 Å². The van der Waals surface area contributed by atoms with E-state index in [0.29, 0.717) is 36.8 Å². The smallest absolute Gasteiger partial charge is 0.265 e. The average molecular weight is 1020 g/mol. The highest BCUT2D eigenvalue weighted by Crippen LogP contribution is 2.41. The fraction of sp³-hybridized carbons (Fsp3) is 0.239. The quantitative estimate of drug-likeness (QED) is 0.0722. The van der Waals surface area contributed by atoms with Gasteiger partial charge in [0.1, 0.15) is 5.57 Å². The molecule has 6 heterocycles. The second-order valence-corrected chi connectivity index (χ2v) is 21.5. The number of aromatic nitrogens is 4. The zero-order valence-electron chi connectivity index (χ0n) is 45.2. The molecule has 3 aliphatic heterocycles. The molecule has 2 N–H and O–H groups in total. The van der Waals surface area contributed by atoms with E-state index < -0.39 is 11.8 Å². The molecule has 0 aliphatic carbocycles.